The highest BCUT2D eigenvalue weighted by molar-refractivity contribution is 6.08. The molecule has 0 saturated heterocycles. The maximum Gasteiger partial charge on any atom is 0.237 e. The number of fused-ring (bicyclic) bond motifs is 1. The van der Waals surface area contributed by atoms with Gasteiger partial charge in [0.15, 0.2) is 0 Å². The lowest BCUT2D eigenvalue weighted by Crippen LogP contribution is -2.39. The van der Waals surface area contributed by atoms with E-state index in [4.69, 9.17) is 0 Å². The summed E-state index contributed by atoms with van der Waals surface area (Å²) >= 11 is 0. The molecule has 3 heteroatoms. The standard InChI is InChI=1S/C14H18FNO/c1-4-14(5-2)10-8-7-9-11(15)12(10)16(6-3)13(14)17/h7-9H,4-6H2,1-3H3. The van der Waals surface area contributed by atoms with E-state index >= 15 is 0 Å². The topological polar surface area (TPSA) is 20.3 Å². The summed E-state index contributed by atoms with van der Waals surface area (Å²) in [5.41, 5.74) is 0.825. The third kappa shape index (κ3) is 1.41. The molecule has 92 valence electrons. The Morgan fingerprint density at radius 3 is 2.41 bits per heavy atom. The number of anilines is 1. The number of halogens is 1. The lowest BCUT2D eigenvalue weighted by Gasteiger charge is -2.25. The molecule has 0 saturated carbocycles. The summed E-state index contributed by atoms with van der Waals surface area (Å²) in [5, 5.41) is 0. The Kier molecular flexibility index (Phi) is 2.94. The number of hydrogen-bond acceptors (Lipinski definition) is 1. The number of nitrogens with zero attached hydrogens (tertiary/aromatic N) is 1. The molecule has 2 rings (SSSR count). The van der Waals surface area contributed by atoms with E-state index in [-0.39, 0.29) is 11.7 Å². The highest BCUT2D eigenvalue weighted by atomic mass is 19.1. The Bertz CT molecular complexity index is 452. The predicted octanol–water partition coefficient (Wildman–Crippen LogP) is 3.25. The molecular formula is C14H18FNO. The molecule has 0 fully saturated rings. The zero-order valence-electron chi connectivity index (χ0n) is 10.6. The van der Waals surface area contributed by atoms with Crippen molar-refractivity contribution < 1.29 is 9.18 Å². The van der Waals surface area contributed by atoms with Gasteiger partial charge in [0.1, 0.15) is 5.82 Å². The van der Waals surface area contributed by atoms with E-state index in [0.717, 1.165) is 18.4 Å². The molecule has 0 bridgehead atoms. The maximum atomic E-state index is 13.9. The second-order valence-electron chi connectivity index (χ2n) is 4.47. The van der Waals surface area contributed by atoms with Crippen LogP contribution in [0.5, 0.6) is 0 Å². The van der Waals surface area contributed by atoms with Crippen LogP contribution < -0.4 is 4.90 Å². The van der Waals surface area contributed by atoms with Crippen molar-refractivity contribution in [2.24, 2.45) is 0 Å². The van der Waals surface area contributed by atoms with Crippen LogP contribution in [0.1, 0.15) is 39.2 Å². The number of benzene rings is 1. The van der Waals surface area contributed by atoms with Crippen LogP contribution in [0.3, 0.4) is 0 Å². The van der Waals surface area contributed by atoms with E-state index in [9.17, 15) is 9.18 Å². The molecule has 0 atom stereocenters. The number of likely N-dealkylation sites (N-methyl/N-ethyl adjacent to an activating group) is 1. The Balaban J connectivity index is 2.70. The lowest BCUT2D eigenvalue weighted by molar-refractivity contribution is -0.123. The second-order valence-corrected chi connectivity index (χ2v) is 4.47. The van der Waals surface area contributed by atoms with Gasteiger partial charge in [0.05, 0.1) is 11.1 Å². The van der Waals surface area contributed by atoms with Crippen molar-refractivity contribution in [3.63, 3.8) is 0 Å². The van der Waals surface area contributed by atoms with Crippen LogP contribution in [0.4, 0.5) is 10.1 Å². The van der Waals surface area contributed by atoms with Crippen molar-refractivity contribution in [2.75, 3.05) is 11.4 Å². The second kappa shape index (κ2) is 4.13. The molecule has 0 spiro atoms. The van der Waals surface area contributed by atoms with Crippen molar-refractivity contribution in [3.8, 4) is 0 Å². The summed E-state index contributed by atoms with van der Waals surface area (Å²) in [7, 11) is 0. The fourth-order valence-corrected chi connectivity index (χ4v) is 2.89. The number of carbonyl (C=O) groups is 1. The van der Waals surface area contributed by atoms with Crippen LogP contribution in [0.15, 0.2) is 18.2 Å². The normalized spacial score (nSPS) is 17.4. The van der Waals surface area contributed by atoms with Gasteiger partial charge < -0.3 is 4.90 Å². The minimum atomic E-state index is -0.520. The Morgan fingerprint density at radius 1 is 1.24 bits per heavy atom. The van der Waals surface area contributed by atoms with Gasteiger partial charge in [0.25, 0.3) is 0 Å². The molecule has 1 aliphatic heterocycles. The summed E-state index contributed by atoms with van der Waals surface area (Å²) in [6, 6.07) is 5.01. The molecule has 0 aromatic heterocycles. The summed E-state index contributed by atoms with van der Waals surface area (Å²) in [6.07, 6.45) is 1.44. The molecule has 0 radical (unpaired) electrons. The first-order valence-electron chi connectivity index (χ1n) is 6.23. The maximum absolute atomic E-state index is 13.9. The van der Waals surface area contributed by atoms with Crippen LogP contribution in [0.2, 0.25) is 0 Å². The first-order valence-corrected chi connectivity index (χ1v) is 6.23. The van der Waals surface area contributed by atoms with Gasteiger partial charge in [0.2, 0.25) is 5.91 Å². The number of amides is 1. The number of rotatable bonds is 3. The fraction of sp³-hybridized carbons (Fsp3) is 0.500. The smallest absolute Gasteiger partial charge is 0.237 e. The van der Waals surface area contributed by atoms with E-state index < -0.39 is 5.41 Å². The Labute approximate surface area is 101 Å². The average Bonchev–Trinajstić information content (AvgIpc) is 2.59. The SMILES string of the molecule is CCN1C(=O)C(CC)(CC)c2cccc(F)c21. The van der Waals surface area contributed by atoms with Crippen LogP contribution in [-0.4, -0.2) is 12.5 Å². The Morgan fingerprint density at radius 2 is 1.88 bits per heavy atom. The molecule has 0 N–H and O–H groups in total. The molecule has 1 aromatic carbocycles. The third-order valence-electron chi connectivity index (χ3n) is 3.95. The van der Waals surface area contributed by atoms with Crippen molar-refractivity contribution in [1.82, 2.24) is 0 Å². The zero-order valence-corrected chi connectivity index (χ0v) is 10.6. The van der Waals surface area contributed by atoms with Crippen molar-refractivity contribution in [3.05, 3.63) is 29.6 Å². The minimum absolute atomic E-state index is 0.0464. The molecular weight excluding hydrogens is 217 g/mol. The quantitative estimate of drug-likeness (QED) is 0.787. The van der Waals surface area contributed by atoms with Gasteiger partial charge in [-0.05, 0) is 31.4 Å². The highest BCUT2D eigenvalue weighted by Gasteiger charge is 2.48. The lowest BCUT2D eigenvalue weighted by atomic mass is 9.77. The molecule has 1 amide bonds. The van der Waals surface area contributed by atoms with E-state index in [2.05, 4.69) is 0 Å². The van der Waals surface area contributed by atoms with Gasteiger partial charge in [-0.1, -0.05) is 26.0 Å². The molecule has 0 aliphatic carbocycles. The van der Waals surface area contributed by atoms with Gasteiger partial charge in [0, 0.05) is 6.54 Å². The number of hydrogen-bond donors (Lipinski definition) is 0. The summed E-state index contributed by atoms with van der Waals surface area (Å²) in [5.74, 6) is -0.244. The van der Waals surface area contributed by atoms with E-state index in [1.165, 1.54) is 6.07 Å². The van der Waals surface area contributed by atoms with Crippen LogP contribution in [0.25, 0.3) is 0 Å². The first-order chi connectivity index (χ1) is 8.12. The highest BCUT2D eigenvalue weighted by Crippen LogP contribution is 2.46. The van der Waals surface area contributed by atoms with Gasteiger partial charge in [-0.2, -0.15) is 0 Å². The van der Waals surface area contributed by atoms with Crippen LogP contribution in [0, 0.1) is 5.82 Å². The van der Waals surface area contributed by atoms with Gasteiger partial charge in [-0.25, -0.2) is 4.39 Å². The first kappa shape index (κ1) is 12.1. The van der Waals surface area contributed by atoms with Gasteiger partial charge >= 0.3 is 0 Å². The van der Waals surface area contributed by atoms with Crippen molar-refractivity contribution in [1.29, 1.82) is 0 Å². The van der Waals surface area contributed by atoms with Crippen LogP contribution in [-0.2, 0) is 10.2 Å². The van der Waals surface area contributed by atoms with Crippen molar-refractivity contribution >= 4 is 11.6 Å². The van der Waals surface area contributed by atoms with Gasteiger partial charge in [-0.15, -0.1) is 0 Å². The third-order valence-corrected chi connectivity index (χ3v) is 3.95. The number of para-hydroxylation sites is 1. The molecule has 1 heterocycles. The number of carbonyl (C=O) groups excluding carboxylic acids is 1. The fourth-order valence-electron chi connectivity index (χ4n) is 2.89. The van der Waals surface area contributed by atoms with Crippen LogP contribution >= 0.6 is 0 Å². The van der Waals surface area contributed by atoms with E-state index in [1.807, 2.05) is 26.8 Å². The molecule has 0 unspecified atom stereocenters. The summed E-state index contributed by atoms with van der Waals surface area (Å²) < 4.78 is 13.9. The summed E-state index contributed by atoms with van der Waals surface area (Å²) in [4.78, 5) is 14.1. The molecule has 1 aromatic rings. The van der Waals surface area contributed by atoms with Gasteiger partial charge in [-0.3, -0.25) is 4.79 Å². The zero-order chi connectivity index (χ0) is 12.6. The predicted molar refractivity (Wildman–Crippen MR) is 66.7 cm³/mol. The Hall–Kier alpha value is -1.38. The van der Waals surface area contributed by atoms with E-state index in [1.54, 1.807) is 11.0 Å². The average molecular weight is 235 g/mol. The largest absolute Gasteiger partial charge is 0.309 e. The molecule has 2 nitrogen and oxygen atoms in total. The van der Waals surface area contributed by atoms with Crippen molar-refractivity contribution in [2.45, 2.75) is 39.0 Å². The molecule has 17 heavy (non-hydrogen) atoms. The molecule has 1 aliphatic rings. The van der Waals surface area contributed by atoms with E-state index in [0.29, 0.717) is 12.2 Å². The monoisotopic (exact) mass is 235 g/mol. The minimum Gasteiger partial charge on any atom is -0.309 e. The summed E-state index contributed by atoms with van der Waals surface area (Å²) in [6.45, 7) is 6.40.